The summed E-state index contributed by atoms with van der Waals surface area (Å²) in [5, 5.41) is 6.14. The van der Waals surface area contributed by atoms with Crippen molar-refractivity contribution in [1.29, 1.82) is 0 Å². The summed E-state index contributed by atoms with van der Waals surface area (Å²) < 4.78 is 10.7. The number of aromatic nitrogens is 1. The van der Waals surface area contributed by atoms with Crippen LogP contribution in [0.5, 0.6) is 11.5 Å². The molecule has 0 unspecified atom stereocenters. The van der Waals surface area contributed by atoms with Gasteiger partial charge < -0.3 is 20.1 Å². The molecule has 3 rings (SSSR count). The standard InChI is InChI=1S/C23H25N3O3/c1-16-8-10-21(29-3)19(14-16)26-22-11-9-18(15-25-22)23(27)24-13-12-17-6-4-5-7-20(17)28-2/h4-11,14-15H,12-13H2,1-3H3,(H,24,27)(H,25,26). The SMILES string of the molecule is COc1ccccc1CCNC(=O)c1ccc(Nc2cc(C)ccc2OC)nc1. The van der Waals surface area contributed by atoms with Crippen LogP contribution in [0.4, 0.5) is 11.5 Å². The molecule has 2 aromatic carbocycles. The minimum atomic E-state index is -0.160. The highest BCUT2D eigenvalue weighted by molar-refractivity contribution is 5.94. The first-order chi connectivity index (χ1) is 14.1. The highest BCUT2D eigenvalue weighted by atomic mass is 16.5. The van der Waals surface area contributed by atoms with E-state index in [9.17, 15) is 4.79 Å². The molecule has 0 spiro atoms. The Morgan fingerprint density at radius 1 is 1.00 bits per heavy atom. The van der Waals surface area contributed by atoms with Gasteiger partial charge in [-0.3, -0.25) is 4.79 Å². The Hall–Kier alpha value is -3.54. The largest absolute Gasteiger partial charge is 0.496 e. The van der Waals surface area contributed by atoms with E-state index in [2.05, 4.69) is 15.6 Å². The van der Waals surface area contributed by atoms with Crippen molar-refractivity contribution >= 4 is 17.4 Å². The number of rotatable bonds is 8. The van der Waals surface area contributed by atoms with E-state index >= 15 is 0 Å². The summed E-state index contributed by atoms with van der Waals surface area (Å²) in [4.78, 5) is 16.7. The van der Waals surface area contributed by atoms with E-state index in [0.29, 0.717) is 24.3 Å². The van der Waals surface area contributed by atoms with Gasteiger partial charge in [-0.25, -0.2) is 4.98 Å². The number of amides is 1. The first kappa shape index (κ1) is 20.2. The number of pyridine rings is 1. The number of methoxy groups -OCH3 is 2. The summed E-state index contributed by atoms with van der Waals surface area (Å²) in [6, 6.07) is 17.2. The van der Waals surface area contributed by atoms with Crippen molar-refractivity contribution in [3.8, 4) is 11.5 Å². The number of ether oxygens (including phenoxy) is 2. The number of nitrogens with one attached hydrogen (secondary N) is 2. The molecule has 1 amide bonds. The molecular weight excluding hydrogens is 366 g/mol. The third-order valence-corrected chi connectivity index (χ3v) is 4.52. The Balaban J connectivity index is 1.58. The molecule has 6 nitrogen and oxygen atoms in total. The lowest BCUT2D eigenvalue weighted by molar-refractivity contribution is 0.0953. The van der Waals surface area contributed by atoms with Crippen LogP contribution in [-0.2, 0) is 6.42 Å². The number of aryl methyl sites for hydroxylation is 1. The average Bonchev–Trinajstić information content (AvgIpc) is 2.74. The minimum Gasteiger partial charge on any atom is -0.496 e. The molecule has 0 atom stereocenters. The molecule has 6 heteroatoms. The van der Waals surface area contributed by atoms with Gasteiger partial charge in [-0.1, -0.05) is 24.3 Å². The lowest BCUT2D eigenvalue weighted by atomic mass is 10.1. The van der Waals surface area contributed by atoms with Gasteiger partial charge >= 0.3 is 0 Å². The zero-order valence-electron chi connectivity index (χ0n) is 16.9. The van der Waals surface area contributed by atoms with Crippen molar-refractivity contribution in [3.05, 3.63) is 77.5 Å². The number of para-hydroxylation sites is 1. The second-order valence-electron chi connectivity index (χ2n) is 6.58. The number of hydrogen-bond acceptors (Lipinski definition) is 5. The van der Waals surface area contributed by atoms with E-state index in [1.807, 2.05) is 49.4 Å². The minimum absolute atomic E-state index is 0.160. The lowest BCUT2D eigenvalue weighted by Crippen LogP contribution is -2.25. The van der Waals surface area contributed by atoms with E-state index in [1.54, 1.807) is 32.5 Å². The molecule has 0 radical (unpaired) electrons. The molecule has 1 heterocycles. The first-order valence-electron chi connectivity index (χ1n) is 9.38. The molecule has 0 aliphatic rings. The summed E-state index contributed by atoms with van der Waals surface area (Å²) in [6.45, 7) is 2.52. The van der Waals surface area contributed by atoms with E-state index in [0.717, 1.165) is 28.3 Å². The van der Waals surface area contributed by atoms with E-state index in [4.69, 9.17) is 9.47 Å². The maximum absolute atomic E-state index is 12.4. The number of carbonyl (C=O) groups is 1. The number of benzene rings is 2. The molecule has 2 N–H and O–H groups in total. The fourth-order valence-electron chi connectivity index (χ4n) is 2.98. The molecule has 29 heavy (non-hydrogen) atoms. The average molecular weight is 391 g/mol. The molecule has 0 bridgehead atoms. The smallest absolute Gasteiger partial charge is 0.252 e. The van der Waals surface area contributed by atoms with Gasteiger partial charge in [-0.2, -0.15) is 0 Å². The van der Waals surface area contributed by atoms with Crippen LogP contribution in [0, 0.1) is 6.92 Å². The fraction of sp³-hybridized carbons (Fsp3) is 0.217. The molecular formula is C23H25N3O3. The highest BCUT2D eigenvalue weighted by Crippen LogP contribution is 2.27. The van der Waals surface area contributed by atoms with Gasteiger partial charge in [0.05, 0.1) is 25.5 Å². The van der Waals surface area contributed by atoms with Crippen LogP contribution in [0.3, 0.4) is 0 Å². The Morgan fingerprint density at radius 3 is 2.52 bits per heavy atom. The molecule has 0 aliphatic carbocycles. The first-order valence-corrected chi connectivity index (χ1v) is 9.38. The second kappa shape index (κ2) is 9.59. The third-order valence-electron chi connectivity index (χ3n) is 4.52. The van der Waals surface area contributed by atoms with Crippen molar-refractivity contribution in [2.45, 2.75) is 13.3 Å². The number of anilines is 2. The van der Waals surface area contributed by atoms with Crippen molar-refractivity contribution in [1.82, 2.24) is 10.3 Å². The molecule has 0 saturated heterocycles. The summed E-state index contributed by atoms with van der Waals surface area (Å²) in [7, 11) is 3.27. The second-order valence-corrected chi connectivity index (χ2v) is 6.58. The van der Waals surface area contributed by atoms with E-state index < -0.39 is 0 Å². The fourth-order valence-corrected chi connectivity index (χ4v) is 2.98. The zero-order chi connectivity index (χ0) is 20.6. The van der Waals surface area contributed by atoms with Crippen LogP contribution < -0.4 is 20.1 Å². The Kier molecular flexibility index (Phi) is 6.68. The molecule has 3 aromatic rings. The number of nitrogens with zero attached hydrogens (tertiary/aromatic N) is 1. The predicted octanol–water partition coefficient (Wildman–Crippen LogP) is 4.12. The molecule has 1 aromatic heterocycles. The van der Waals surface area contributed by atoms with E-state index in [-0.39, 0.29) is 5.91 Å². The highest BCUT2D eigenvalue weighted by Gasteiger charge is 2.09. The van der Waals surface area contributed by atoms with Crippen LogP contribution in [0.15, 0.2) is 60.8 Å². The number of hydrogen-bond donors (Lipinski definition) is 2. The topological polar surface area (TPSA) is 72.5 Å². The maximum Gasteiger partial charge on any atom is 0.252 e. The van der Waals surface area contributed by atoms with Crippen molar-refractivity contribution in [3.63, 3.8) is 0 Å². The molecule has 150 valence electrons. The van der Waals surface area contributed by atoms with Crippen LogP contribution >= 0.6 is 0 Å². The van der Waals surface area contributed by atoms with Gasteiger partial charge in [-0.15, -0.1) is 0 Å². The lowest BCUT2D eigenvalue weighted by Gasteiger charge is -2.12. The Morgan fingerprint density at radius 2 is 1.79 bits per heavy atom. The monoisotopic (exact) mass is 391 g/mol. The van der Waals surface area contributed by atoms with Gasteiger partial charge in [0.25, 0.3) is 5.91 Å². The van der Waals surface area contributed by atoms with Crippen LogP contribution in [-0.4, -0.2) is 31.7 Å². The normalized spacial score (nSPS) is 10.3. The van der Waals surface area contributed by atoms with Gasteiger partial charge in [0, 0.05) is 12.7 Å². The maximum atomic E-state index is 12.4. The summed E-state index contributed by atoms with van der Waals surface area (Å²) in [6.07, 6.45) is 2.25. The molecule has 0 saturated carbocycles. The summed E-state index contributed by atoms with van der Waals surface area (Å²) in [5.74, 6) is 2.03. The molecule has 0 fully saturated rings. The summed E-state index contributed by atoms with van der Waals surface area (Å²) in [5.41, 5.74) is 3.50. The predicted molar refractivity (Wildman–Crippen MR) is 114 cm³/mol. The van der Waals surface area contributed by atoms with Crippen molar-refractivity contribution < 1.29 is 14.3 Å². The van der Waals surface area contributed by atoms with Crippen molar-refractivity contribution in [2.75, 3.05) is 26.1 Å². The van der Waals surface area contributed by atoms with E-state index in [1.165, 1.54) is 0 Å². The number of carbonyl (C=O) groups excluding carboxylic acids is 1. The van der Waals surface area contributed by atoms with Crippen LogP contribution in [0.25, 0.3) is 0 Å². The van der Waals surface area contributed by atoms with Gasteiger partial charge in [0.2, 0.25) is 0 Å². The molecule has 0 aliphatic heterocycles. The summed E-state index contributed by atoms with van der Waals surface area (Å²) >= 11 is 0. The Bertz CT molecular complexity index is 971. The van der Waals surface area contributed by atoms with Crippen molar-refractivity contribution in [2.24, 2.45) is 0 Å². The van der Waals surface area contributed by atoms with Gasteiger partial charge in [0.15, 0.2) is 0 Å². The third kappa shape index (κ3) is 5.25. The Labute approximate surface area is 170 Å². The van der Waals surface area contributed by atoms with Gasteiger partial charge in [0.1, 0.15) is 17.3 Å². The zero-order valence-corrected chi connectivity index (χ0v) is 16.9. The van der Waals surface area contributed by atoms with Crippen LogP contribution in [0.2, 0.25) is 0 Å². The quantitative estimate of drug-likeness (QED) is 0.604. The van der Waals surface area contributed by atoms with Crippen LogP contribution in [0.1, 0.15) is 21.5 Å². The van der Waals surface area contributed by atoms with Gasteiger partial charge in [-0.05, 0) is 54.8 Å².